The minimum absolute atomic E-state index is 1.22. The van der Waals surface area contributed by atoms with Crippen molar-refractivity contribution in [3.05, 3.63) is 24.3 Å². The van der Waals surface area contributed by atoms with Gasteiger partial charge in [-0.1, -0.05) is 70.3 Å². The maximum absolute atomic E-state index is 2.36. The van der Waals surface area contributed by atoms with Gasteiger partial charge < -0.3 is 0 Å². The average Bonchev–Trinajstić information content (AvgIpc) is 2.31. The third-order valence-corrected chi connectivity index (χ3v) is 2.78. The molecule has 0 heterocycles. The van der Waals surface area contributed by atoms with E-state index in [0.29, 0.717) is 0 Å². The van der Waals surface area contributed by atoms with Crippen LogP contribution >= 0.6 is 0 Å². The Morgan fingerprint density at radius 2 is 1.00 bits per heavy atom. The van der Waals surface area contributed by atoms with E-state index >= 15 is 0 Å². The molecule has 0 radical (unpaired) electrons. The van der Waals surface area contributed by atoms with E-state index in [4.69, 9.17) is 0 Å². The van der Waals surface area contributed by atoms with Gasteiger partial charge in [0.2, 0.25) is 0 Å². The van der Waals surface area contributed by atoms with Gasteiger partial charge >= 0.3 is 0 Å². The second-order valence-electron chi connectivity index (χ2n) is 4.51. The van der Waals surface area contributed by atoms with E-state index in [-0.39, 0.29) is 0 Å². The highest BCUT2D eigenvalue weighted by Crippen LogP contribution is 2.04. The molecule has 0 saturated heterocycles. The fourth-order valence-corrected chi connectivity index (χ4v) is 1.67. The molecular formula is C16H30. The summed E-state index contributed by atoms with van der Waals surface area (Å²) in [6.45, 7) is 4.51. The largest absolute Gasteiger partial charge is 0.0885 e. The maximum Gasteiger partial charge on any atom is -0.0316 e. The monoisotopic (exact) mass is 222 g/mol. The van der Waals surface area contributed by atoms with Gasteiger partial charge in [0.1, 0.15) is 0 Å². The van der Waals surface area contributed by atoms with Gasteiger partial charge in [-0.25, -0.2) is 0 Å². The zero-order valence-electron chi connectivity index (χ0n) is 11.4. The summed E-state index contributed by atoms with van der Waals surface area (Å²) in [4.78, 5) is 0. The Balaban J connectivity index is 3.12. The number of hydrogen-bond acceptors (Lipinski definition) is 0. The molecule has 0 rings (SSSR count). The third kappa shape index (κ3) is 13.5. The van der Waals surface area contributed by atoms with E-state index in [2.05, 4.69) is 38.2 Å². The smallest absolute Gasteiger partial charge is 0.0316 e. The Morgan fingerprint density at radius 3 is 1.56 bits per heavy atom. The van der Waals surface area contributed by atoms with Crippen LogP contribution in [-0.4, -0.2) is 0 Å². The topological polar surface area (TPSA) is 0 Å². The summed E-state index contributed by atoms with van der Waals surface area (Å²) in [6.07, 6.45) is 22.5. The lowest BCUT2D eigenvalue weighted by Gasteiger charge is -1.94. The molecule has 0 fully saturated rings. The quantitative estimate of drug-likeness (QED) is 0.295. The van der Waals surface area contributed by atoms with E-state index in [9.17, 15) is 0 Å². The van der Waals surface area contributed by atoms with Gasteiger partial charge in [-0.15, -0.1) is 0 Å². The van der Waals surface area contributed by atoms with Crippen LogP contribution in [-0.2, 0) is 0 Å². The lowest BCUT2D eigenvalue weighted by Crippen LogP contribution is -1.74. The Morgan fingerprint density at radius 1 is 0.500 bits per heavy atom. The molecule has 0 aromatic carbocycles. The molecule has 0 amide bonds. The van der Waals surface area contributed by atoms with Crippen LogP contribution in [0.15, 0.2) is 24.3 Å². The SMILES string of the molecule is CCCC/C=C/CC/C=C\CCCCCC. The van der Waals surface area contributed by atoms with Crippen molar-refractivity contribution in [2.75, 3.05) is 0 Å². The highest BCUT2D eigenvalue weighted by atomic mass is 13.9. The van der Waals surface area contributed by atoms with E-state index in [1.165, 1.54) is 64.2 Å². The van der Waals surface area contributed by atoms with Crippen LogP contribution in [0.5, 0.6) is 0 Å². The lowest BCUT2D eigenvalue weighted by molar-refractivity contribution is 0.674. The fraction of sp³-hybridized carbons (Fsp3) is 0.750. The molecule has 0 atom stereocenters. The Labute approximate surface area is 103 Å². The minimum atomic E-state index is 1.22. The van der Waals surface area contributed by atoms with Crippen molar-refractivity contribution < 1.29 is 0 Å². The Hall–Kier alpha value is -0.520. The molecule has 0 N–H and O–H groups in total. The highest BCUT2D eigenvalue weighted by molar-refractivity contribution is 4.87. The van der Waals surface area contributed by atoms with Gasteiger partial charge in [0.05, 0.1) is 0 Å². The van der Waals surface area contributed by atoms with Crippen LogP contribution in [0.25, 0.3) is 0 Å². The van der Waals surface area contributed by atoms with Gasteiger partial charge in [0, 0.05) is 0 Å². The summed E-state index contributed by atoms with van der Waals surface area (Å²) < 4.78 is 0. The highest BCUT2D eigenvalue weighted by Gasteiger charge is 1.84. The Kier molecular flexibility index (Phi) is 14.0. The van der Waals surface area contributed by atoms with E-state index in [1.807, 2.05) is 0 Å². The van der Waals surface area contributed by atoms with E-state index in [1.54, 1.807) is 0 Å². The molecule has 0 aromatic heterocycles. The first-order chi connectivity index (χ1) is 7.91. The van der Waals surface area contributed by atoms with Gasteiger partial charge in [-0.3, -0.25) is 0 Å². The molecule has 0 nitrogen and oxygen atoms in total. The summed E-state index contributed by atoms with van der Waals surface area (Å²) in [6, 6.07) is 0. The number of rotatable bonds is 11. The molecule has 0 bridgehead atoms. The molecule has 0 aliphatic rings. The molecule has 0 unspecified atom stereocenters. The number of unbranched alkanes of at least 4 members (excludes halogenated alkanes) is 7. The molecule has 0 heteroatoms. The third-order valence-electron chi connectivity index (χ3n) is 2.78. The normalized spacial score (nSPS) is 11.9. The van der Waals surface area contributed by atoms with E-state index in [0.717, 1.165) is 0 Å². The van der Waals surface area contributed by atoms with Crippen molar-refractivity contribution in [1.82, 2.24) is 0 Å². The molecule has 16 heavy (non-hydrogen) atoms. The zero-order valence-corrected chi connectivity index (χ0v) is 11.4. The Bertz CT molecular complexity index is 165. The molecule has 0 saturated carbocycles. The first kappa shape index (κ1) is 15.5. The molecular weight excluding hydrogens is 192 g/mol. The van der Waals surface area contributed by atoms with Crippen LogP contribution in [0.2, 0.25) is 0 Å². The standard InChI is InChI=1S/C16H30/c1-3-5-7-9-11-13-15-16-14-12-10-8-6-4-2/h9,11,14,16H,3-8,10,12-13,15H2,1-2H3/b11-9+,16-14-. The van der Waals surface area contributed by atoms with Crippen LogP contribution in [0.3, 0.4) is 0 Å². The first-order valence-electron chi connectivity index (χ1n) is 7.21. The first-order valence-corrected chi connectivity index (χ1v) is 7.21. The van der Waals surface area contributed by atoms with Crippen molar-refractivity contribution in [1.29, 1.82) is 0 Å². The molecule has 94 valence electrons. The molecule has 0 aromatic rings. The van der Waals surface area contributed by atoms with Crippen molar-refractivity contribution in [2.45, 2.75) is 78.1 Å². The maximum atomic E-state index is 2.36. The minimum Gasteiger partial charge on any atom is -0.0885 e. The number of allylic oxidation sites excluding steroid dienone is 4. The molecule has 0 spiro atoms. The average molecular weight is 222 g/mol. The van der Waals surface area contributed by atoms with Crippen molar-refractivity contribution in [3.63, 3.8) is 0 Å². The van der Waals surface area contributed by atoms with Gasteiger partial charge in [-0.2, -0.15) is 0 Å². The van der Waals surface area contributed by atoms with Gasteiger partial charge in [-0.05, 0) is 32.1 Å². The summed E-state index contributed by atoms with van der Waals surface area (Å²) >= 11 is 0. The summed E-state index contributed by atoms with van der Waals surface area (Å²) in [5.74, 6) is 0. The van der Waals surface area contributed by atoms with Crippen molar-refractivity contribution in [3.8, 4) is 0 Å². The lowest BCUT2D eigenvalue weighted by atomic mass is 10.1. The molecule has 0 aliphatic heterocycles. The zero-order chi connectivity index (χ0) is 11.9. The number of hydrogen-bond donors (Lipinski definition) is 0. The predicted octanol–water partition coefficient (Wildman–Crippen LogP) is 6.04. The van der Waals surface area contributed by atoms with Crippen LogP contribution in [0.1, 0.15) is 78.1 Å². The van der Waals surface area contributed by atoms with Crippen LogP contribution in [0.4, 0.5) is 0 Å². The summed E-state index contributed by atoms with van der Waals surface area (Å²) in [5, 5.41) is 0. The van der Waals surface area contributed by atoms with Gasteiger partial charge in [0.25, 0.3) is 0 Å². The molecule has 0 aliphatic carbocycles. The second kappa shape index (κ2) is 14.5. The second-order valence-corrected chi connectivity index (χ2v) is 4.51. The summed E-state index contributed by atoms with van der Waals surface area (Å²) in [5.41, 5.74) is 0. The fourth-order valence-electron chi connectivity index (χ4n) is 1.67. The van der Waals surface area contributed by atoms with Crippen molar-refractivity contribution >= 4 is 0 Å². The van der Waals surface area contributed by atoms with Gasteiger partial charge in [0.15, 0.2) is 0 Å². The predicted molar refractivity (Wildman–Crippen MR) is 75.8 cm³/mol. The van der Waals surface area contributed by atoms with Crippen LogP contribution < -0.4 is 0 Å². The van der Waals surface area contributed by atoms with E-state index < -0.39 is 0 Å². The van der Waals surface area contributed by atoms with Crippen LogP contribution in [0, 0.1) is 0 Å². The van der Waals surface area contributed by atoms with Crippen molar-refractivity contribution in [2.24, 2.45) is 0 Å². The summed E-state index contributed by atoms with van der Waals surface area (Å²) in [7, 11) is 0.